The van der Waals surface area contributed by atoms with Crippen LogP contribution in [0.3, 0.4) is 0 Å². The Balaban J connectivity index is 2.36. The number of nitrogens with one attached hydrogen (secondary N) is 1. The van der Waals surface area contributed by atoms with Crippen molar-refractivity contribution in [2.24, 2.45) is 0 Å². The molecule has 2 rings (SSSR count). The van der Waals surface area contributed by atoms with Gasteiger partial charge in [-0.15, -0.1) is 0 Å². The second-order valence-corrected chi connectivity index (χ2v) is 5.80. The zero-order valence-electron chi connectivity index (χ0n) is 13.0. The summed E-state index contributed by atoms with van der Waals surface area (Å²) in [5.41, 5.74) is 3.46. The van der Waals surface area contributed by atoms with Crippen molar-refractivity contribution in [1.82, 2.24) is 0 Å². The predicted molar refractivity (Wildman–Crippen MR) is 91.1 cm³/mol. The second-order valence-electron chi connectivity index (χ2n) is 4.94. The van der Waals surface area contributed by atoms with Gasteiger partial charge >= 0.3 is 0 Å². The van der Waals surface area contributed by atoms with Crippen LogP contribution in [0.5, 0.6) is 11.5 Å². The van der Waals surface area contributed by atoms with Gasteiger partial charge in [0.25, 0.3) is 5.91 Å². The molecule has 1 N–H and O–H groups in total. The molecule has 0 atom stereocenters. The lowest BCUT2D eigenvalue weighted by molar-refractivity contribution is 0.102. The molecule has 0 aromatic heterocycles. The molecule has 0 radical (unpaired) electrons. The number of methoxy groups -OCH3 is 2. The molecule has 0 unspecified atom stereocenters. The van der Waals surface area contributed by atoms with Gasteiger partial charge in [0.05, 0.1) is 24.3 Å². The van der Waals surface area contributed by atoms with Crippen LogP contribution in [0.15, 0.2) is 34.8 Å². The minimum atomic E-state index is -0.250. The van der Waals surface area contributed by atoms with E-state index in [0.29, 0.717) is 21.5 Å². The molecule has 0 heterocycles. The summed E-state index contributed by atoms with van der Waals surface area (Å²) >= 11 is 3.39. The van der Waals surface area contributed by atoms with Crippen molar-refractivity contribution in [1.29, 1.82) is 0 Å². The first-order valence-electron chi connectivity index (χ1n) is 6.76. The molecule has 0 aliphatic carbocycles. The molecule has 2 aromatic carbocycles. The Morgan fingerprint density at radius 3 is 2.36 bits per heavy atom. The standard InChI is InChI=1S/C17H18BrNO3/c1-10-5-6-12(7-11(10)2)19-17(20)14-8-13(21-3)9-15(18)16(14)22-4/h5-9H,1-4H3,(H,19,20). The van der Waals surface area contributed by atoms with E-state index < -0.39 is 0 Å². The van der Waals surface area contributed by atoms with Gasteiger partial charge in [-0.1, -0.05) is 6.07 Å². The quantitative estimate of drug-likeness (QED) is 0.878. The Morgan fingerprint density at radius 1 is 1.05 bits per heavy atom. The molecular formula is C17H18BrNO3. The van der Waals surface area contributed by atoms with Gasteiger partial charge in [0.15, 0.2) is 0 Å². The molecule has 1 amide bonds. The zero-order chi connectivity index (χ0) is 16.3. The van der Waals surface area contributed by atoms with Crippen LogP contribution in [-0.2, 0) is 0 Å². The lowest BCUT2D eigenvalue weighted by atomic mass is 10.1. The number of carbonyl (C=O) groups excluding carboxylic acids is 1. The van der Waals surface area contributed by atoms with Crippen LogP contribution in [0.4, 0.5) is 5.69 Å². The fourth-order valence-electron chi connectivity index (χ4n) is 2.08. The fourth-order valence-corrected chi connectivity index (χ4v) is 2.68. The normalized spacial score (nSPS) is 10.2. The second kappa shape index (κ2) is 6.83. The van der Waals surface area contributed by atoms with Gasteiger partial charge in [-0.3, -0.25) is 4.79 Å². The van der Waals surface area contributed by atoms with Gasteiger partial charge in [0.2, 0.25) is 0 Å². The van der Waals surface area contributed by atoms with Gasteiger partial charge in [0, 0.05) is 5.69 Å². The predicted octanol–water partition coefficient (Wildman–Crippen LogP) is 4.34. The van der Waals surface area contributed by atoms with E-state index in [1.54, 1.807) is 19.2 Å². The minimum Gasteiger partial charge on any atom is -0.497 e. The maximum Gasteiger partial charge on any atom is 0.259 e. The van der Waals surface area contributed by atoms with Crippen LogP contribution in [0, 0.1) is 13.8 Å². The highest BCUT2D eigenvalue weighted by Crippen LogP contribution is 2.34. The van der Waals surface area contributed by atoms with Gasteiger partial charge < -0.3 is 14.8 Å². The zero-order valence-corrected chi connectivity index (χ0v) is 14.6. The van der Waals surface area contributed by atoms with E-state index in [1.807, 2.05) is 32.0 Å². The lowest BCUT2D eigenvalue weighted by Gasteiger charge is -2.13. The highest BCUT2D eigenvalue weighted by atomic mass is 79.9. The van der Waals surface area contributed by atoms with Gasteiger partial charge in [-0.25, -0.2) is 0 Å². The van der Waals surface area contributed by atoms with Crippen LogP contribution in [0.1, 0.15) is 21.5 Å². The molecule has 0 saturated carbocycles. The molecule has 0 saturated heterocycles. The third-order valence-corrected chi connectivity index (χ3v) is 4.06. The molecular weight excluding hydrogens is 346 g/mol. The van der Waals surface area contributed by atoms with Gasteiger partial charge in [-0.2, -0.15) is 0 Å². The summed E-state index contributed by atoms with van der Waals surface area (Å²) in [7, 11) is 3.08. The van der Waals surface area contributed by atoms with Gasteiger partial charge in [-0.05, 0) is 65.2 Å². The monoisotopic (exact) mass is 363 g/mol. The molecule has 116 valence electrons. The minimum absolute atomic E-state index is 0.250. The van der Waals surface area contributed by atoms with Crippen molar-refractivity contribution in [2.75, 3.05) is 19.5 Å². The van der Waals surface area contributed by atoms with Crippen molar-refractivity contribution in [3.05, 3.63) is 51.5 Å². The third kappa shape index (κ3) is 3.42. The number of anilines is 1. The first-order valence-corrected chi connectivity index (χ1v) is 7.55. The maximum absolute atomic E-state index is 12.5. The molecule has 5 heteroatoms. The number of aryl methyl sites for hydroxylation is 2. The van der Waals surface area contributed by atoms with Crippen LogP contribution >= 0.6 is 15.9 Å². The number of hydrogen-bond donors (Lipinski definition) is 1. The summed E-state index contributed by atoms with van der Waals surface area (Å²) in [6, 6.07) is 9.20. The van der Waals surface area contributed by atoms with Crippen molar-refractivity contribution < 1.29 is 14.3 Å². The van der Waals surface area contributed by atoms with E-state index >= 15 is 0 Å². The van der Waals surface area contributed by atoms with E-state index in [4.69, 9.17) is 9.47 Å². The van der Waals surface area contributed by atoms with Crippen LogP contribution in [0.25, 0.3) is 0 Å². The van der Waals surface area contributed by atoms with Gasteiger partial charge in [0.1, 0.15) is 11.5 Å². The number of halogens is 1. The van der Waals surface area contributed by atoms with Crippen molar-refractivity contribution in [3.8, 4) is 11.5 Å². The number of rotatable bonds is 4. The molecule has 0 aliphatic rings. The van der Waals surface area contributed by atoms with E-state index in [9.17, 15) is 4.79 Å². The number of amides is 1. The maximum atomic E-state index is 12.5. The van der Waals surface area contributed by atoms with E-state index in [1.165, 1.54) is 12.7 Å². The summed E-state index contributed by atoms with van der Waals surface area (Å²) in [6.45, 7) is 4.04. The smallest absolute Gasteiger partial charge is 0.259 e. The summed E-state index contributed by atoms with van der Waals surface area (Å²) in [5, 5.41) is 2.88. The highest BCUT2D eigenvalue weighted by molar-refractivity contribution is 9.10. The molecule has 0 spiro atoms. The van der Waals surface area contributed by atoms with Crippen molar-refractivity contribution >= 4 is 27.5 Å². The Hall–Kier alpha value is -2.01. The number of benzene rings is 2. The Morgan fingerprint density at radius 2 is 1.77 bits per heavy atom. The van der Waals surface area contributed by atoms with Crippen LogP contribution in [-0.4, -0.2) is 20.1 Å². The van der Waals surface area contributed by atoms with E-state index in [0.717, 1.165) is 11.3 Å². The summed E-state index contributed by atoms with van der Waals surface area (Å²) in [4.78, 5) is 12.5. The van der Waals surface area contributed by atoms with Crippen LogP contribution in [0.2, 0.25) is 0 Å². The van der Waals surface area contributed by atoms with Crippen molar-refractivity contribution in [3.63, 3.8) is 0 Å². The molecule has 0 fully saturated rings. The highest BCUT2D eigenvalue weighted by Gasteiger charge is 2.17. The SMILES string of the molecule is COc1cc(Br)c(OC)c(C(=O)Nc2ccc(C)c(C)c2)c1. The van der Waals surface area contributed by atoms with Crippen LogP contribution < -0.4 is 14.8 Å². The fraction of sp³-hybridized carbons (Fsp3) is 0.235. The molecule has 0 aliphatic heterocycles. The molecule has 0 bridgehead atoms. The molecule has 4 nitrogen and oxygen atoms in total. The third-order valence-electron chi connectivity index (χ3n) is 3.47. The first-order chi connectivity index (χ1) is 10.5. The Labute approximate surface area is 138 Å². The number of carbonyl (C=O) groups is 1. The summed E-state index contributed by atoms with van der Waals surface area (Å²) in [5.74, 6) is 0.805. The Bertz CT molecular complexity index is 713. The van der Waals surface area contributed by atoms with Crippen molar-refractivity contribution in [2.45, 2.75) is 13.8 Å². The van der Waals surface area contributed by atoms with E-state index in [-0.39, 0.29) is 5.91 Å². The topological polar surface area (TPSA) is 47.6 Å². The average Bonchev–Trinajstić information content (AvgIpc) is 2.50. The lowest BCUT2D eigenvalue weighted by Crippen LogP contribution is -2.14. The molecule has 22 heavy (non-hydrogen) atoms. The van der Waals surface area contributed by atoms with E-state index in [2.05, 4.69) is 21.2 Å². The molecule has 2 aromatic rings. The Kier molecular flexibility index (Phi) is 5.08. The largest absolute Gasteiger partial charge is 0.497 e. The summed E-state index contributed by atoms with van der Waals surface area (Å²) in [6.07, 6.45) is 0. The number of ether oxygens (including phenoxy) is 2. The number of hydrogen-bond acceptors (Lipinski definition) is 3. The first kappa shape index (κ1) is 16.4. The average molecular weight is 364 g/mol. The summed E-state index contributed by atoms with van der Waals surface area (Å²) < 4.78 is 11.2.